The van der Waals surface area contributed by atoms with Gasteiger partial charge in [0.25, 0.3) is 0 Å². The van der Waals surface area contributed by atoms with Crippen molar-refractivity contribution in [1.29, 1.82) is 0 Å². The third-order valence-electron chi connectivity index (χ3n) is 5.15. The van der Waals surface area contributed by atoms with Crippen LogP contribution in [0.1, 0.15) is 70.0 Å². The van der Waals surface area contributed by atoms with E-state index in [0.29, 0.717) is 5.92 Å². The number of hydrogen-bond donors (Lipinski definition) is 0. The molecule has 2 aliphatic rings. The number of likely N-dealkylation sites (tertiary alicyclic amines) is 1. The summed E-state index contributed by atoms with van der Waals surface area (Å²) in [5.74, 6) is 1.81. The Morgan fingerprint density at radius 1 is 1.10 bits per heavy atom. The Morgan fingerprint density at radius 2 is 1.90 bits per heavy atom. The molecule has 0 radical (unpaired) electrons. The third-order valence-corrected chi connectivity index (χ3v) is 5.15. The Morgan fingerprint density at radius 3 is 2.65 bits per heavy atom. The van der Waals surface area contributed by atoms with Gasteiger partial charge in [-0.2, -0.15) is 0 Å². The Kier molecular flexibility index (Phi) is 4.71. The minimum atomic E-state index is 0.592. The summed E-state index contributed by atoms with van der Waals surface area (Å²) in [5, 5.41) is 8.51. The standard InChI is InChI=1S/C16H28N4/c1-2-19-13-17-18-16(19)14-8-7-11-20(12-14)15-9-5-3-4-6-10-15/h13-15H,2-12H2,1H3/t14-/m1/s1. The zero-order chi connectivity index (χ0) is 13.8. The lowest BCUT2D eigenvalue weighted by Gasteiger charge is -2.37. The number of aryl methyl sites for hydroxylation is 1. The van der Waals surface area contributed by atoms with E-state index < -0.39 is 0 Å². The van der Waals surface area contributed by atoms with Crippen molar-refractivity contribution in [3.63, 3.8) is 0 Å². The maximum Gasteiger partial charge on any atom is 0.137 e. The first-order valence-electron chi connectivity index (χ1n) is 8.50. The normalized spacial score (nSPS) is 26.6. The number of rotatable bonds is 3. The summed E-state index contributed by atoms with van der Waals surface area (Å²) in [6.45, 7) is 5.66. The van der Waals surface area contributed by atoms with E-state index >= 15 is 0 Å². The van der Waals surface area contributed by atoms with Gasteiger partial charge in [0.15, 0.2) is 0 Å². The van der Waals surface area contributed by atoms with Gasteiger partial charge >= 0.3 is 0 Å². The average Bonchev–Trinajstić information content (AvgIpc) is 2.81. The Labute approximate surface area is 122 Å². The number of nitrogens with zero attached hydrogens (tertiary/aromatic N) is 4. The minimum Gasteiger partial charge on any atom is -0.318 e. The summed E-state index contributed by atoms with van der Waals surface area (Å²) in [6, 6.07) is 0.832. The smallest absolute Gasteiger partial charge is 0.137 e. The molecule has 1 saturated heterocycles. The van der Waals surface area contributed by atoms with Crippen LogP contribution in [0.3, 0.4) is 0 Å². The Bertz CT molecular complexity index is 406. The van der Waals surface area contributed by atoms with Crippen LogP contribution < -0.4 is 0 Å². The molecule has 0 bridgehead atoms. The first-order chi connectivity index (χ1) is 9.88. The van der Waals surface area contributed by atoms with Crippen LogP contribution >= 0.6 is 0 Å². The lowest BCUT2D eigenvalue weighted by atomic mass is 9.94. The van der Waals surface area contributed by atoms with E-state index in [9.17, 15) is 0 Å². The molecule has 0 N–H and O–H groups in total. The quantitative estimate of drug-likeness (QED) is 0.795. The van der Waals surface area contributed by atoms with Crippen molar-refractivity contribution in [3.8, 4) is 0 Å². The molecule has 1 aliphatic carbocycles. The van der Waals surface area contributed by atoms with Crippen molar-refractivity contribution in [2.24, 2.45) is 0 Å². The van der Waals surface area contributed by atoms with Crippen molar-refractivity contribution < 1.29 is 0 Å². The van der Waals surface area contributed by atoms with Gasteiger partial charge in [-0.05, 0) is 39.2 Å². The highest BCUT2D eigenvalue weighted by atomic mass is 15.3. The predicted molar refractivity (Wildman–Crippen MR) is 80.7 cm³/mol. The summed E-state index contributed by atoms with van der Waals surface area (Å²) < 4.78 is 2.22. The average molecular weight is 276 g/mol. The number of piperidine rings is 1. The van der Waals surface area contributed by atoms with Crippen molar-refractivity contribution in [3.05, 3.63) is 12.2 Å². The molecule has 4 nitrogen and oxygen atoms in total. The first kappa shape index (κ1) is 14.1. The fourth-order valence-electron chi connectivity index (χ4n) is 4.00. The molecule has 1 atom stereocenters. The predicted octanol–water partition coefficient (Wildman–Crippen LogP) is 3.20. The molecule has 1 aromatic heterocycles. The van der Waals surface area contributed by atoms with Crippen LogP contribution in [0.2, 0.25) is 0 Å². The molecule has 112 valence electrons. The van der Waals surface area contributed by atoms with E-state index in [0.717, 1.165) is 12.6 Å². The van der Waals surface area contributed by atoms with Crippen molar-refractivity contribution in [1.82, 2.24) is 19.7 Å². The molecule has 1 aliphatic heterocycles. The molecule has 0 amide bonds. The Hall–Kier alpha value is -0.900. The van der Waals surface area contributed by atoms with Crippen LogP contribution in [0.5, 0.6) is 0 Å². The van der Waals surface area contributed by atoms with Gasteiger partial charge in [-0.25, -0.2) is 0 Å². The first-order valence-corrected chi connectivity index (χ1v) is 8.50. The summed E-state index contributed by atoms with van der Waals surface area (Å²) in [6.07, 6.45) is 13.0. The van der Waals surface area contributed by atoms with Crippen LogP contribution in [0.25, 0.3) is 0 Å². The zero-order valence-corrected chi connectivity index (χ0v) is 12.8. The third kappa shape index (κ3) is 3.05. The number of aromatic nitrogens is 3. The second-order valence-electron chi connectivity index (χ2n) is 6.45. The van der Waals surface area contributed by atoms with Crippen LogP contribution in [0.4, 0.5) is 0 Å². The van der Waals surface area contributed by atoms with Gasteiger partial charge in [0.05, 0.1) is 0 Å². The van der Waals surface area contributed by atoms with Crippen molar-refractivity contribution >= 4 is 0 Å². The van der Waals surface area contributed by atoms with Gasteiger partial charge in [-0.15, -0.1) is 10.2 Å². The summed E-state index contributed by atoms with van der Waals surface area (Å²) >= 11 is 0. The molecule has 2 fully saturated rings. The van der Waals surface area contributed by atoms with Crippen LogP contribution in [0, 0.1) is 0 Å². The maximum atomic E-state index is 4.40. The maximum absolute atomic E-state index is 4.40. The largest absolute Gasteiger partial charge is 0.318 e. The highest BCUT2D eigenvalue weighted by molar-refractivity contribution is 5.00. The second-order valence-corrected chi connectivity index (χ2v) is 6.45. The molecular formula is C16H28N4. The van der Waals surface area contributed by atoms with Gasteiger partial charge in [-0.3, -0.25) is 4.90 Å². The fraction of sp³-hybridized carbons (Fsp3) is 0.875. The lowest BCUT2D eigenvalue weighted by molar-refractivity contribution is 0.132. The lowest BCUT2D eigenvalue weighted by Crippen LogP contribution is -2.42. The van der Waals surface area contributed by atoms with E-state index in [4.69, 9.17) is 0 Å². The van der Waals surface area contributed by atoms with Gasteiger partial charge in [0, 0.05) is 25.0 Å². The van der Waals surface area contributed by atoms with Crippen LogP contribution in [0.15, 0.2) is 6.33 Å². The number of hydrogen-bond acceptors (Lipinski definition) is 3. The molecule has 1 aromatic rings. The zero-order valence-electron chi connectivity index (χ0n) is 12.8. The van der Waals surface area contributed by atoms with E-state index in [-0.39, 0.29) is 0 Å². The van der Waals surface area contributed by atoms with Crippen LogP contribution in [-0.2, 0) is 6.54 Å². The molecule has 3 rings (SSSR count). The molecule has 0 aromatic carbocycles. The molecular weight excluding hydrogens is 248 g/mol. The molecule has 0 unspecified atom stereocenters. The topological polar surface area (TPSA) is 34.0 Å². The monoisotopic (exact) mass is 276 g/mol. The molecule has 1 saturated carbocycles. The SMILES string of the molecule is CCn1cnnc1[C@@H]1CCCN(C2CCCCCC2)C1. The van der Waals surface area contributed by atoms with E-state index in [1.165, 1.54) is 70.3 Å². The van der Waals surface area contributed by atoms with E-state index in [1.807, 2.05) is 6.33 Å². The summed E-state index contributed by atoms with van der Waals surface area (Å²) in [4.78, 5) is 2.76. The minimum absolute atomic E-state index is 0.592. The van der Waals surface area contributed by atoms with Gasteiger partial charge in [0.1, 0.15) is 12.2 Å². The molecule has 20 heavy (non-hydrogen) atoms. The molecule has 2 heterocycles. The van der Waals surface area contributed by atoms with Gasteiger partial charge in [0.2, 0.25) is 0 Å². The van der Waals surface area contributed by atoms with Gasteiger partial charge < -0.3 is 4.57 Å². The summed E-state index contributed by atoms with van der Waals surface area (Å²) in [5.41, 5.74) is 0. The highest BCUT2D eigenvalue weighted by Crippen LogP contribution is 2.30. The molecule has 4 heteroatoms. The van der Waals surface area contributed by atoms with Gasteiger partial charge in [-0.1, -0.05) is 25.7 Å². The van der Waals surface area contributed by atoms with Crippen molar-refractivity contribution in [2.45, 2.75) is 76.8 Å². The fourth-order valence-corrected chi connectivity index (χ4v) is 4.00. The van der Waals surface area contributed by atoms with Crippen LogP contribution in [-0.4, -0.2) is 38.8 Å². The summed E-state index contributed by atoms with van der Waals surface area (Å²) in [7, 11) is 0. The Balaban J connectivity index is 1.66. The van der Waals surface area contributed by atoms with E-state index in [1.54, 1.807) is 0 Å². The second kappa shape index (κ2) is 6.70. The molecule has 0 spiro atoms. The van der Waals surface area contributed by atoms with Crippen molar-refractivity contribution in [2.75, 3.05) is 13.1 Å². The highest BCUT2D eigenvalue weighted by Gasteiger charge is 2.29. The van der Waals surface area contributed by atoms with E-state index in [2.05, 4.69) is 26.6 Å².